The SMILES string of the molecule is CN1C(=O)[C@@H]2Cc3ccccc3N2C(=O)c2ccccc21. The third-order valence-corrected chi connectivity index (χ3v) is 4.31. The van der Waals surface area contributed by atoms with Crippen molar-refractivity contribution in [3.8, 4) is 0 Å². The van der Waals surface area contributed by atoms with Crippen molar-refractivity contribution in [1.29, 1.82) is 0 Å². The van der Waals surface area contributed by atoms with Crippen LogP contribution < -0.4 is 9.80 Å². The molecule has 2 aliphatic rings. The minimum Gasteiger partial charge on any atom is -0.313 e. The quantitative estimate of drug-likeness (QED) is 0.741. The normalized spacial score (nSPS) is 20.0. The van der Waals surface area contributed by atoms with E-state index in [2.05, 4.69) is 0 Å². The lowest BCUT2D eigenvalue weighted by atomic mass is 10.1. The highest BCUT2D eigenvalue weighted by Gasteiger charge is 2.43. The molecule has 2 amide bonds. The fourth-order valence-electron chi connectivity index (χ4n) is 3.25. The highest BCUT2D eigenvalue weighted by atomic mass is 16.2. The topological polar surface area (TPSA) is 40.6 Å². The first-order chi connectivity index (χ1) is 10.2. The zero-order chi connectivity index (χ0) is 14.6. The van der Waals surface area contributed by atoms with Crippen LogP contribution in [0, 0.1) is 0 Å². The Morgan fingerprint density at radius 2 is 1.62 bits per heavy atom. The van der Waals surface area contributed by atoms with E-state index in [1.54, 1.807) is 22.9 Å². The van der Waals surface area contributed by atoms with E-state index in [4.69, 9.17) is 0 Å². The molecule has 2 aromatic carbocycles. The number of hydrogen-bond donors (Lipinski definition) is 0. The summed E-state index contributed by atoms with van der Waals surface area (Å²) >= 11 is 0. The van der Waals surface area contributed by atoms with Gasteiger partial charge in [0.25, 0.3) is 5.91 Å². The summed E-state index contributed by atoms with van der Waals surface area (Å²) in [5, 5.41) is 0. The molecule has 0 fully saturated rings. The molecule has 0 saturated carbocycles. The Morgan fingerprint density at radius 3 is 2.43 bits per heavy atom. The van der Waals surface area contributed by atoms with Gasteiger partial charge in [0, 0.05) is 19.2 Å². The van der Waals surface area contributed by atoms with Gasteiger partial charge < -0.3 is 4.90 Å². The molecule has 2 aliphatic heterocycles. The molecular formula is C17H14N2O2. The number of para-hydroxylation sites is 2. The Labute approximate surface area is 122 Å². The van der Waals surface area contributed by atoms with E-state index in [1.165, 1.54) is 0 Å². The molecule has 0 aliphatic carbocycles. The smallest absolute Gasteiger partial charge is 0.261 e. The average molecular weight is 278 g/mol. The maximum atomic E-state index is 12.9. The van der Waals surface area contributed by atoms with Crippen LogP contribution in [0.5, 0.6) is 0 Å². The highest BCUT2D eigenvalue weighted by molar-refractivity contribution is 6.20. The lowest BCUT2D eigenvalue weighted by Crippen LogP contribution is -2.45. The molecule has 1 atom stereocenters. The number of benzene rings is 2. The lowest BCUT2D eigenvalue weighted by Gasteiger charge is -2.23. The van der Waals surface area contributed by atoms with Crippen molar-refractivity contribution in [3.63, 3.8) is 0 Å². The van der Waals surface area contributed by atoms with Gasteiger partial charge in [-0.2, -0.15) is 0 Å². The molecule has 4 rings (SSSR count). The summed E-state index contributed by atoms with van der Waals surface area (Å²) in [5.74, 6) is -0.136. The highest BCUT2D eigenvalue weighted by Crippen LogP contribution is 2.38. The Hall–Kier alpha value is -2.62. The molecule has 2 heterocycles. The van der Waals surface area contributed by atoms with Crippen molar-refractivity contribution in [2.75, 3.05) is 16.8 Å². The second-order valence-electron chi connectivity index (χ2n) is 5.44. The van der Waals surface area contributed by atoms with Crippen molar-refractivity contribution in [3.05, 3.63) is 59.7 Å². The van der Waals surface area contributed by atoms with Gasteiger partial charge >= 0.3 is 0 Å². The van der Waals surface area contributed by atoms with Gasteiger partial charge in [0.2, 0.25) is 5.91 Å². The first-order valence-electron chi connectivity index (χ1n) is 6.96. The minimum absolute atomic E-state index is 0.0375. The fourth-order valence-corrected chi connectivity index (χ4v) is 3.25. The van der Waals surface area contributed by atoms with Crippen molar-refractivity contribution in [1.82, 2.24) is 0 Å². The molecule has 0 N–H and O–H groups in total. The van der Waals surface area contributed by atoms with Gasteiger partial charge in [0.05, 0.1) is 11.3 Å². The summed E-state index contributed by atoms with van der Waals surface area (Å²) < 4.78 is 0. The Bertz CT molecular complexity index is 769. The first-order valence-corrected chi connectivity index (χ1v) is 6.96. The van der Waals surface area contributed by atoms with Crippen LogP contribution in [0.25, 0.3) is 0 Å². The van der Waals surface area contributed by atoms with E-state index in [9.17, 15) is 9.59 Å². The molecule has 0 saturated heterocycles. The number of hydrogen-bond acceptors (Lipinski definition) is 2. The largest absolute Gasteiger partial charge is 0.313 e. The summed E-state index contributed by atoms with van der Waals surface area (Å²) in [6.07, 6.45) is 0.582. The van der Waals surface area contributed by atoms with Crippen molar-refractivity contribution in [2.45, 2.75) is 12.5 Å². The van der Waals surface area contributed by atoms with Crippen LogP contribution in [0.2, 0.25) is 0 Å². The van der Waals surface area contributed by atoms with Crippen LogP contribution in [0.4, 0.5) is 11.4 Å². The number of nitrogens with zero attached hydrogens (tertiary/aromatic N) is 2. The van der Waals surface area contributed by atoms with E-state index in [1.807, 2.05) is 42.5 Å². The second-order valence-corrected chi connectivity index (χ2v) is 5.44. The molecule has 0 spiro atoms. The van der Waals surface area contributed by atoms with E-state index in [0.717, 1.165) is 11.3 Å². The summed E-state index contributed by atoms with van der Waals surface area (Å²) in [5.41, 5.74) is 3.16. The molecule has 21 heavy (non-hydrogen) atoms. The maximum absolute atomic E-state index is 12.9. The third kappa shape index (κ3) is 1.56. The molecule has 0 radical (unpaired) electrons. The number of carbonyl (C=O) groups is 2. The lowest BCUT2D eigenvalue weighted by molar-refractivity contribution is -0.119. The maximum Gasteiger partial charge on any atom is 0.261 e. The van der Waals surface area contributed by atoms with E-state index in [0.29, 0.717) is 17.7 Å². The minimum atomic E-state index is -0.438. The number of rotatable bonds is 0. The van der Waals surface area contributed by atoms with Crippen LogP contribution >= 0.6 is 0 Å². The zero-order valence-corrected chi connectivity index (χ0v) is 11.6. The number of fused-ring (bicyclic) bond motifs is 4. The number of anilines is 2. The fraction of sp³-hybridized carbons (Fsp3) is 0.176. The van der Waals surface area contributed by atoms with E-state index < -0.39 is 6.04 Å². The van der Waals surface area contributed by atoms with Crippen LogP contribution in [0.3, 0.4) is 0 Å². The van der Waals surface area contributed by atoms with Gasteiger partial charge in [-0.3, -0.25) is 14.5 Å². The van der Waals surface area contributed by atoms with E-state index >= 15 is 0 Å². The Morgan fingerprint density at radius 1 is 0.952 bits per heavy atom. The molecule has 0 unspecified atom stereocenters. The van der Waals surface area contributed by atoms with E-state index in [-0.39, 0.29) is 11.8 Å². The van der Waals surface area contributed by atoms with Gasteiger partial charge in [0.15, 0.2) is 0 Å². The molecule has 0 aromatic heterocycles. The second kappa shape index (κ2) is 4.19. The van der Waals surface area contributed by atoms with Gasteiger partial charge in [-0.25, -0.2) is 0 Å². The number of carbonyl (C=O) groups excluding carboxylic acids is 2. The van der Waals surface area contributed by atoms with Crippen molar-refractivity contribution < 1.29 is 9.59 Å². The molecule has 4 nitrogen and oxygen atoms in total. The summed E-state index contributed by atoms with van der Waals surface area (Å²) in [7, 11) is 1.74. The standard InChI is InChI=1S/C17H14N2O2/c1-18-14-9-5-3-7-12(14)16(20)19-13-8-4-2-6-11(13)10-15(19)17(18)21/h2-9,15H,10H2,1H3/t15-/m0/s1. The van der Waals surface area contributed by atoms with Gasteiger partial charge in [-0.1, -0.05) is 30.3 Å². The Balaban J connectivity index is 1.95. The van der Waals surface area contributed by atoms with Crippen LogP contribution in [-0.4, -0.2) is 24.9 Å². The molecular weight excluding hydrogens is 264 g/mol. The molecule has 2 aromatic rings. The average Bonchev–Trinajstić information content (AvgIpc) is 2.89. The predicted octanol–water partition coefficient (Wildman–Crippen LogP) is 2.23. The van der Waals surface area contributed by atoms with Crippen molar-refractivity contribution >= 4 is 23.2 Å². The molecule has 4 heteroatoms. The summed E-state index contributed by atoms with van der Waals surface area (Å²) in [6, 6.07) is 14.6. The Kier molecular flexibility index (Phi) is 2.42. The summed E-state index contributed by atoms with van der Waals surface area (Å²) in [4.78, 5) is 28.9. The van der Waals surface area contributed by atoms with Gasteiger partial charge in [0.1, 0.15) is 6.04 Å². The van der Waals surface area contributed by atoms with Gasteiger partial charge in [-0.05, 0) is 23.8 Å². The first kappa shape index (κ1) is 12.1. The molecule has 104 valence electrons. The van der Waals surface area contributed by atoms with Crippen LogP contribution in [-0.2, 0) is 11.2 Å². The van der Waals surface area contributed by atoms with Crippen molar-refractivity contribution in [2.24, 2.45) is 0 Å². The number of amides is 2. The van der Waals surface area contributed by atoms with Gasteiger partial charge in [-0.15, -0.1) is 0 Å². The zero-order valence-electron chi connectivity index (χ0n) is 11.6. The monoisotopic (exact) mass is 278 g/mol. The molecule has 0 bridgehead atoms. The number of likely N-dealkylation sites (N-methyl/N-ethyl adjacent to an activating group) is 1. The van der Waals surface area contributed by atoms with Crippen LogP contribution in [0.15, 0.2) is 48.5 Å². The third-order valence-electron chi connectivity index (χ3n) is 4.31. The van der Waals surface area contributed by atoms with Crippen LogP contribution in [0.1, 0.15) is 15.9 Å². The summed E-state index contributed by atoms with van der Waals surface area (Å²) in [6.45, 7) is 0. The predicted molar refractivity (Wildman–Crippen MR) is 80.6 cm³/mol.